The van der Waals surface area contributed by atoms with E-state index < -0.39 is 0 Å². The zero-order valence-corrected chi connectivity index (χ0v) is 17.4. The van der Waals surface area contributed by atoms with E-state index in [1.165, 1.54) is 0 Å². The van der Waals surface area contributed by atoms with E-state index >= 15 is 0 Å². The van der Waals surface area contributed by atoms with Crippen molar-refractivity contribution in [1.29, 1.82) is 0 Å². The number of carbonyl (C=O) groups excluding carboxylic acids is 2. The highest BCUT2D eigenvalue weighted by atomic mass is 16.2. The van der Waals surface area contributed by atoms with Crippen LogP contribution < -0.4 is 4.90 Å². The van der Waals surface area contributed by atoms with Crippen LogP contribution in [0.25, 0.3) is 0 Å². The molecule has 0 N–H and O–H groups in total. The minimum absolute atomic E-state index is 0.0975. The minimum Gasteiger partial charge on any atom is -0.352 e. The lowest BCUT2D eigenvalue weighted by Gasteiger charge is -2.38. The van der Waals surface area contributed by atoms with Crippen molar-refractivity contribution < 1.29 is 9.59 Å². The monoisotopic (exact) mass is 375 g/mol. The van der Waals surface area contributed by atoms with E-state index in [1.807, 2.05) is 25.7 Å². The fourth-order valence-electron chi connectivity index (χ4n) is 3.01. The van der Waals surface area contributed by atoms with E-state index in [0.717, 1.165) is 44.7 Å². The van der Waals surface area contributed by atoms with Gasteiger partial charge in [0, 0.05) is 45.2 Å². The molecular weight excluding hydrogens is 342 g/mol. The fourth-order valence-corrected chi connectivity index (χ4v) is 3.01. The van der Waals surface area contributed by atoms with E-state index in [0.29, 0.717) is 18.8 Å². The first-order chi connectivity index (χ1) is 12.8. The molecule has 2 amide bonds. The molecule has 150 valence electrons. The number of anilines is 1. The number of unbranched alkanes of at least 4 members (excludes halogenated alkanes) is 1. The van der Waals surface area contributed by atoms with Crippen LogP contribution in [-0.2, 0) is 4.79 Å². The Balaban J connectivity index is 1.93. The van der Waals surface area contributed by atoms with Gasteiger partial charge in [0.2, 0.25) is 5.91 Å². The van der Waals surface area contributed by atoms with Gasteiger partial charge in [0.1, 0.15) is 11.5 Å². The number of piperazine rings is 1. The predicted octanol–water partition coefficient (Wildman–Crippen LogP) is 2.43. The van der Waals surface area contributed by atoms with Crippen LogP contribution in [0.5, 0.6) is 0 Å². The summed E-state index contributed by atoms with van der Waals surface area (Å²) in [5.41, 5.74) is 0.0595. The summed E-state index contributed by atoms with van der Waals surface area (Å²) in [7, 11) is 1.79. The first kappa shape index (κ1) is 21.1. The Labute approximate surface area is 162 Å². The lowest BCUT2D eigenvalue weighted by Crippen LogP contribution is -2.52. The number of rotatable bonds is 7. The third-order valence-electron chi connectivity index (χ3n) is 5.40. The van der Waals surface area contributed by atoms with Gasteiger partial charge in [-0.05, 0) is 12.8 Å². The van der Waals surface area contributed by atoms with Crippen LogP contribution in [-0.4, -0.2) is 71.4 Å². The van der Waals surface area contributed by atoms with Crippen molar-refractivity contribution in [3.63, 3.8) is 0 Å². The molecule has 0 unspecified atom stereocenters. The lowest BCUT2D eigenvalue weighted by atomic mass is 9.88. The summed E-state index contributed by atoms with van der Waals surface area (Å²) < 4.78 is 0. The van der Waals surface area contributed by atoms with Gasteiger partial charge in [0.25, 0.3) is 5.91 Å². The molecule has 0 radical (unpaired) electrons. The Morgan fingerprint density at radius 1 is 1.11 bits per heavy atom. The summed E-state index contributed by atoms with van der Waals surface area (Å²) in [6, 6.07) is 0. The van der Waals surface area contributed by atoms with Crippen LogP contribution in [0.2, 0.25) is 0 Å². The first-order valence-electron chi connectivity index (χ1n) is 9.92. The number of aromatic nitrogens is 2. The second-order valence-corrected chi connectivity index (χ2v) is 7.86. The molecule has 0 aromatic carbocycles. The van der Waals surface area contributed by atoms with Gasteiger partial charge in [-0.25, -0.2) is 9.97 Å². The molecule has 2 heterocycles. The van der Waals surface area contributed by atoms with Crippen LogP contribution in [0.15, 0.2) is 12.4 Å². The van der Waals surface area contributed by atoms with Gasteiger partial charge < -0.3 is 14.7 Å². The zero-order valence-electron chi connectivity index (χ0n) is 17.4. The third-order valence-corrected chi connectivity index (χ3v) is 5.40. The summed E-state index contributed by atoms with van der Waals surface area (Å²) in [6.07, 6.45) is 6.07. The van der Waals surface area contributed by atoms with Crippen LogP contribution in [0.3, 0.4) is 0 Å². The number of carbonyl (C=O) groups is 2. The molecule has 1 aromatic rings. The summed E-state index contributed by atoms with van der Waals surface area (Å²) in [6.45, 7) is 11.7. The van der Waals surface area contributed by atoms with Crippen molar-refractivity contribution in [2.45, 2.75) is 47.0 Å². The molecule has 0 spiro atoms. The number of hydrogen-bond acceptors (Lipinski definition) is 5. The molecule has 2 rings (SSSR count). The molecule has 1 aliphatic rings. The summed E-state index contributed by atoms with van der Waals surface area (Å²) in [5.74, 6) is 0.871. The highest BCUT2D eigenvalue weighted by molar-refractivity contribution is 5.91. The molecule has 27 heavy (non-hydrogen) atoms. The molecule has 7 heteroatoms. The van der Waals surface area contributed by atoms with Crippen molar-refractivity contribution in [2.75, 3.05) is 44.7 Å². The Kier molecular flexibility index (Phi) is 7.16. The number of amides is 2. The van der Waals surface area contributed by atoms with E-state index in [4.69, 9.17) is 0 Å². The molecule has 1 aromatic heterocycles. The average Bonchev–Trinajstić information content (AvgIpc) is 2.71. The Morgan fingerprint density at radius 3 is 2.30 bits per heavy atom. The molecule has 0 saturated carbocycles. The first-order valence-corrected chi connectivity index (χ1v) is 9.92. The van der Waals surface area contributed by atoms with Gasteiger partial charge in [-0.1, -0.05) is 34.1 Å². The molecule has 1 saturated heterocycles. The van der Waals surface area contributed by atoms with Crippen LogP contribution in [0.1, 0.15) is 57.4 Å². The second kappa shape index (κ2) is 9.15. The summed E-state index contributed by atoms with van der Waals surface area (Å²) in [5, 5.41) is 0. The van der Waals surface area contributed by atoms with E-state index in [-0.39, 0.29) is 17.2 Å². The Bertz CT molecular complexity index is 636. The average molecular weight is 376 g/mol. The standard InChI is InChI=1S/C20H33N5O2/c1-6-8-9-23(5)18(26)16-14-22-17(15-21-16)24-10-12-25(13-11-24)19(27)20(3,4)7-2/h14-15H,6-13H2,1-5H3. The second-order valence-electron chi connectivity index (χ2n) is 7.86. The van der Waals surface area contributed by atoms with E-state index in [9.17, 15) is 9.59 Å². The number of nitrogens with zero attached hydrogens (tertiary/aromatic N) is 5. The topological polar surface area (TPSA) is 69.6 Å². The summed E-state index contributed by atoms with van der Waals surface area (Å²) in [4.78, 5) is 39.4. The fraction of sp³-hybridized carbons (Fsp3) is 0.700. The van der Waals surface area contributed by atoms with E-state index in [2.05, 4.69) is 21.8 Å². The maximum atomic E-state index is 12.6. The molecule has 0 aliphatic carbocycles. The van der Waals surface area contributed by atoms with Gasteiger partial charge >= 0.3 is 0 Å². The van der Waals surface area contributed by atoms with Crippen molar-refractivity contribution in [3.05, 3.63) is 18.1 Å². The van der Waals surface area contributed by atoms with Crippen molar-refractivity contribution in [3.8, 4) is 0 Å². The Morgan fingerprint density at radius 2 is 1.78 bits per heavy atom. The predicted molar refractivity (Wildman–Crippen MR) is 107 cm³/mol. The molecular formula is C20H33N5O2. The normalized spacial score (nSPS) is 15.0. The van der Waals surface area contributed by atoms with Gasteiger partial charge in [-0.3, -0.25) is 9.59 Å². The van der Waals surface area contributed by atoms with Crippen LogP contribution in [0, 0.1) is 5.41 Å². The number of hydrogen-bond donors (Lipinski definition) is 0. The van der Waals surface area contributed by atoms with Gasteiger partial charge in [-0.2, -0.15) is 0 Å². The Hall–Kier alpha value is -2.18. The highest BCUT2D eigenvalue weighted by Gasteiger charge is 2.32. The molecule has 0 bridgehead atoms. The molecule has 1 aliphatic heterocycles. The summed E-state index contributed by atoms with van der Waals surface area (Å²) >= 11 is 0. The maximum Gasteiger partial charge on any atom is 0.273 e. The molecule has 0 atom stereocenters. The largest absolute Gasteiger partial charge is 0.352 e. The minimum atomic E-state index is -0.312. The van der Waals surface area contributed by atoms with E-state index in [1.54, 1.807) is 24.3 Å². The lowest BCUT2D eigenvalue weighted by molar-refractivity contribution is -0.140. The molecule has 1 fully saturated rings. The van der Waals surface area contributed by atoms with Crippen molar-refractivity contribution in [1.82, 2.24) is 19.8 Å². The highest BCUT2D eigenvalue weighted by Crippen LogP contribution is 2.24. The molecule has 7 nitrogen and oxygen atoms in total. The maximum absolute atomic E-state index is 12.6. The smallest absolute Gasteiger partial charge is 0.273 e. The zero-order chi connectivity index (χ0) is 20.0. The van der Waals surface area contributed by atoms with Crippen molar-refractivity contribution >= 4 is 17.6 Å². The third kappa shape index (κ3) is 5.17. The quantitative estimate of drug-likeness (QED) is 0.732. The van der Waals surface area contributed by atoms with Gasteiger partial charge in [-0.15, -0.1) is 0 Å². The van der Waals surface area contributed by atoms with Crippen molar-refractivity contribution in [2.24, 2.45) is 5.41 Å². The SMILES string of the molecule is CCCCN(C)C(=O)c1cnc(N2CCN(C(=O)C(C)(C)CC)CC2)cn1. The van der Waals surface area contributed by atoms with Crippen LogP contribution >= 0.6 is 0 Å². The van der Waals surface area contributed by atoms with Gasteiger partial charge in [0.05, 0.1) is 12.4 Å². The van der Waals surface area contributed by atoms with Crippen LogP contribution in [0.4, 0.5) is 5.82 Å². The van der Waals surface area contributed by atoms with Gasteiger partial charge in [0.15, 0.2) is 0 Å².